The summed E-state index contributed by atoms with van der Waals surface area (Å²) >= 11 is 0. The molecule has 0 saturated heterocycles. The van der Waals surface area contributed by atoms with Crippen LogP contribution in [0.1, 0.15) is 425 Å². The van der Waals surface area contributed by atoms with Crippen LogP contribution in [0.2, 0.25) is 0 Å². The molecule has 2 atom stereocenters. The molecule has 0 aliphatic carbocycles. The molecule has 0 spiro atoms. The van der Waals surface area contributed by atoms with E-state index in [0.29, 0.717) is 25.9 Å². The molecule has 0 fully saturated rings. The maximum Gasteiger partial charge on any atom is 0.305 e. The number of rotatable bonds is 70. The first-order chi connectivity index (χ1) is 39.5. The van der Waals surface area contributed by atoms with Gasteiger partial charge in [0.15, 0.2) is 0 Å². The van der Waals surface area contributed by atoms with Crippen molar-refractivity contribution < 1.29 is 24.5 Å². The predicted molar refractivity (Wildman–Crippen MR) is 352 cm³/mol. The second-order valence-corrected chi connectivity index (χ2v) is 25.6. The van der Waals surface area contributed by atoms with Gasteiger partial charge in [0.05, 0.1) is 25.4 Å². The van der Waals surface area contributed by atoms with E-state index in [4.69, 9.17) is 4.74 Å². The zero-order valence-electron chi connectivity index (χ0n) is 54.6. The normalized spacial score (nSPS) is 12.5. The van der Waals surface area contributed by atoms with Gasteiger partial charge in [0.25, 0.3) is 0 Å². The Hall–Kier alpha value is -1.40. The lowest BCUT2D eigenvalue weighted by atomic mass is 10.0. The Balaban J connectivity index is 3.36. The summed E-state index contributed by atoms with van der Waals surface area (Å²) in [6, 6.07) is -0.541. The molecule has 0 rings (SSSR count). The molecule has 0 aromatic rings. The van der Waals surface area contributed by atoms with E-state index in [1.165, 1.54) is 347 Å². The van der Waals surface area contributed by atoms with E-state index >= 15 is 0 Å². The summed E-state index contributed by atoms with van der Waals surface area (Å²) in [6.45, 7) is 5.00. The van der Waals surface area contributed by atoms with Crippen molar-refractivity contribution in [3.8, 4) is 0 Å². The van der Waals surface area contributed by atoms with Gasteiger partial charge in [-0.3, -0.25) is 9.59 Å². The zero-order valence-corrected chi connectivity index (χ0v) is 54.6. The molecular formula is C74H145NO5. The highest BCUT2D eigenvalue weighted by Crippen LogP contribution is 2.20. The lowest BCUT2D eigenvalue weighted by Gasteiger charge is -2.22. The van der Waals surface area contributed by atoms with Crippen LogP contribution in [0.4, 0.5) is 0 Å². The van der Waals surface area contributed by atoms with Crippen molar-refractivity contribution in [2.24, 2.45) is 0 Å². The Kier molecular flexibility index (Phi) is 68.9. The van der Waals surface area contributed by atoms with Crippen molar-refractivity contribution in [3.63, 3.8) is 0 Å². The van der Waals surface area contributed by atoms with Crippen LogP contribution in [0.25, 0.3) is 0 Å². The number of amides is 1. The van der Waals surface area contributed by atoms with Crippen LogP contribution in [0, 0.1) is 0 Å². The lowest BCUT2D eigenvalue weighted by molar-refractivity contribution is -0.143. The molecule has 6 nitrogen and oxygen atoms in total. The van der Waals surface area contributed by atoms with E-state index in [9.17, 15) is 19.8 Å². The van der Waals surface area contributed by atoms with Crippen LogP contribution < -0.4 is 5.32 Å². The van der Waals surface area contributed by atoms with Crippen molar-refractivity contribution in [2.75, 3.05) is 13.2 Å². The number of hydrogen-bond donors (Lipinski definition) is 3. The monoisotopic (exact) mass is 1130 g/mol. The molecule has 0 aliphatic heterocycles. The molecule has 80 heavy (non-hydrogen) atoms. The molecule has 0 radical (unpaired) electrons. The maximum absolute atomic E-state index is 12.6. The summed E-state index contributed by atoms with van der Waals surface area (Å²) in [5.74, 6) is -0.0149. The maximum atomic E-state index is 12.6. The van der Waals surface area contributed by atoms with Gasteiger partial charge >= 0.3 is 5.97 Å². The number of aliphatic hydroxyl groups is 2. The number of esters is 1. The van der Waals surface area contributed by atoms with Gasteiger partial charge in [0.1, 0.15) is 0 Å². The van der Waals surface area contributed by atoms with E-state index in [0.717, 1.165) is 44.9 Å². The van der Waals surface area contributed by atoms with Gasteiger partial charge in [-0.15, -0.1) is 0 Å². The van der Waals surface area contributed by atoms with E-state index in [-0.39, 0.29) is 18.5 Å². The summed E-state index contributed by atoms with van der Waals surface area (Å²) in [7, 11) is 0. The van der Waals surface area contributed by atoms with Crippen LogP contribution >= 0.6 is 0 Å². The summed E-state index contributed by atoms with van der Waals surface area (Å²) < 4.78 is 5.50. The molecule has 1 amide bonds. The first-order valence-electron chi connectivity index (χ1n) is 36.9. The van der Waals surface area contributed by atoms with E-state index < -0.39 is 12.1 Å². The van der Waals surface area contributed by atoms with Crippen LogP contribution in [0.15, 0.2) is 12.2 Å². The molecule has 0 bridgehead atoms. The van der Waals surface area contributed by atoms with Gasteiger partial charge in [0, 0.05) is 12.8 Å². The number of carbonyl (C=O) groups excluding carboxylic acids is 2. The van der Waals surface area contributed by atoms with Crippen molar-refractivity contribution in [2.45, 2.75) is 437 Å². The third kappa shape index (κ3) is 65.7. The Morgan fingerprint density at radius 2 is 0.588 bits per heavy atom. The molecule has 2 unspecified atom stereocenters. The second-order valence-electron chi connectivity index (χ2n) is 25.6. The van der Waals surface area contributed by atoms with Crippen LogP contribution in [0.3, 0.4) is 0 Å². The Morgan fingerprint density at radius 1 is 0.338 bits per heavy atom. The highest BCUT2D eigenvalue weighted by molar-refractivity contribution is 5.76. The van der Waals surface area contributed by atoms with Crippen LogP contribution in [0.5, 0.6) is 0 Å². The molecule has 476 valence electrons. The van der Waals surface area contributed by atoms with Crippen molar-refractivity contribution >= 4 is 11.9 Å². The minimum absolute atomic E-state index is 0.0135. The van der Waals surface area contributed by atoms with Gasteiger partial charge in [-0.05, 0) is 51.4 Å². The average Bonchev–Trinajstić information content (AvgIpc) is 3.46. The van der Waals surface area contributed by atoms with E-state index in [1.807, 2.05) is 0 Å². The summed E-state index contributed by atoms with van der Waals surface area (Å²) in [5.41, 5.74) is 0. The molecule has 0 aliphatic rings. The number of aliphatic hydroxyl groups excluding tert-OH is 2. The highest BCUT2D eigenvalue weighted by Gasteiger charge is 2.20. The smallest absolute Gasteiger partial charge is 0.305 e. The van der Waals surface area contributed by atoms with Gasteiger partial charge < -0.3 is 20.3 Å². The average molecular weight is 1130 g/mol. The highest BCUT2D eigenvalue weighted by atomic mass is 16.5. The fraction of sp³-hybridized carbons (Fsp3) is 0.946. The zero-order chi connectivity index (χ0) is 57.8. The van der Waals surface area contributed by atoms with Gasteiger partial charge in [-0.2, -0.15) is 0 Å². The first kappa shape index (κ1) is 78.6. The minimum Gasteiger partial charge on any atom is -0.466 e. The van der Waals surface area contributed by atoms with E-state index in [2.05, 4.69) is 31.3 Å². The third-order valence-corrected chi connectivity index (χ3v) is 17.6. The van der Waals surface area contributed by atoms with Gasteiger partial charge in [0.2, 0.25) is 5.91 Å². The van der Waals surface area contributed by atoms with Crippen LogP contribution in [-0.4, -0.2) is 47.4 Å². The summed E-state index contributed by atoms with van der Waals surface area (Å²) in [5, 5.41) is 23.4. The number of nitrogens with one attached hydrogen (secondary N) is 1. The molecule has 3 N–H and O–H groups in total. The standard InChI is InChI=1S/C74H145NO5/c1-3-5-7-9-11-13-15-17-19-21-22-23-28-31-35-38-42-46-50-54-58-62-66-72(77)71(70-76)75-73(78)67-63-59-55-51-47-43-39-36-32-29-26-24-25-27-30-33-37-41-45-49-53-57-61-65-69-80-74(79)68-64-60-56-52-48-44-40-34-20-18-16-14-12-10-8-6-4-2/h18,20,71-72,76-77H,3-17,19,21-70H2,1-2H3,(H,75,78)/b20-18-. The Labute approximate surface area is 501 Å². The topological polar surface area (TPSA) is 95.9 Å². The molecule has 0 heterocycles. The number of unbranched alkanes of at least 4 members (excludes halogenated alkanes) is 57. The SMILES string of the molecule is CCCCCCCC/C=C\CCCCCCCCCC(=O)OCCCCCCCCCCCCCCCCCCCCCCCCCCC(=O)NC(CO)C(O)CCCCCCCCCCCCCCCCCCCCCCCC. The number of carbonyl (C=O) groups is 2. The summed E-state index contributed by atoms with van der Waals surface area (Å²) in [6.07, 6.45) is 87.0. The Bertz CT molecular complexity index is 1210. The number of hydrogen-bond acceptors (Lipinski definition) is 5. The van der Waals surface area contributed by atoms with Crippen LogP contribution in [-0.2, 0) is 14.3 Å². The van der Waals surface area contributed by atoms with Gasteiger partial charge in [-0.1, -0.05) is 373 Å². The lowest BCUT2D eigenvalue weighted by Crippen LogP contribution is -2.45. The van der Waals surface area contributed by atoms with Crippen molar-refractivity contribution in [1.82, 2.24) is 5.32 Å². The number of ether oxygens (including phenoxy) is 1. The summed E-state index contributed by atoms with van der Waals surface area (Å²) in [4.78, 5) is 24.7. The second kappa shape index (κ2) is 70.1. The fourth-order valence-electron chi connectivity index (χ4n) is 11.9. The first-order valence-corrected chi connectivity index (χ1v) is 36.9. The quantitative estimate of drug-likeness (QED) is 0.0320. The molecule has 0 aromatic carbocycles. The minimum atomic E-state index is -0.664. The molecule has 0 aromatic heterocycles. The predicted octanol–water partition coefficient (Wildman–Crippen LogP) is 23.9. The third-order valence-electron chi connectivity index (χ3n) is 17.6. The molecule has 0 saturated carbocycles. The molecular weight excluding hydrogens is 983 g/mol. The van der Waals surface area contributed by atoms with Gasteiger partial charge in [-0.25, -0.2) is 0 Å². The largest absolute Gasteiger partial charge is 0.466 e. The van der Waals surface area contributed by atoms with Crippen molar-refractivity contribution in [1.29, 1.82) is 0 Å². The fourth-order valence-corrected chi connectivity index (χ4v) is 11.9. The van der Waals surface area contributed by atoms with Crippen molar-refractivity contribution in [3.05, 3.63) is 12.2 Å². The Morgan fingerprint density at radius 3 is 0.887 bits per heavy atom. The molecule has 6 heteroatoms. The number of allylic oxidation sites excluding steroid dienone is 2. The van der Waals surface area contributed by atoms with E-state index in [1.54, 1.807) is 0 Å².